The van der Waals surface area contributed by atoms with E-state index < -0.39 is 10.0 Å². The van der Waals surface area contributed by atoms with Crippen molar-refractivity contribution in [3.8, 4) is 0 Å². The zero-order chi connectivity index (χ0) is 16.1. The van der Waals surface area contributed by atoms with Gasteiger partial charge in [0.1, 0.15) is 0 Å². The predicted molar refractivity (Wildman–Crippen MR) is 92.1 cm³/mol. The molecule has 2 fully saturated rings. The monoisotopic (exact) mass is 337 g/mol. The third kappa shape index (κ3) is 4.32. The van der Waals surface area contributed by atoms with E-state index in [9.17, 15) is 8.42 Å². The van der Waals surface area contributed by atoms with Crippen molar-refractivity contribution in [1.29, 1.82) is 0 Å². The highest BCUT2D eigenvalue weighted by Crippen LogP contribution is 2.30. The number of sulfonamides is 1. The molecule has 5 nitrogen and oxygen atoms in total. The van der Waals surface area contributed by atoms with Gasteiger partial charge in [-0.05, 0) is 69.4 Å². The van der Waals surface area contributed by atoms with E-state index in [2.05, 4.69) is 14.9 Å². The Bertz CT molecular complexity index is 606. The molecular formula is C17H27N3O2S. The molecule has 2 heterocycles. The summed E-state index contributed by atoms with van der Waals surface area (Å²) in [7, 11) is -3.43. The van der Waals surface area contributed by atoms with Crippen LogP contribution in [0.3, 0.4) is 0 Å². The van der Waals surface area contributed by atoms with Gasteiger partial charge < -0.3 is 10.2 Å². The predicted octanol–water partition coefficient (Wildman–Crippen LogP) is 1.53. The molecule has 6 heteroatoms. The van der Waals surface area contributed by atoms with Gasteiger partial charge in [0.15, 0.2) is 0 Å². The summed E-state index contributed by atoms with van der Waals surface area (Å²) in [4.78, 5) is 2.79. The molecule has 1 aromatic carbocycles. The van der Waals surface area contributed by atoms with E-state index in [1.807, 2.05) is 18.2 Å². The van der Waals surface area contributed by atoms with Crippen molar-refractivity contribution >= 4 is 10.0 Å². The van der Waals surface area contributed by atoms with Crippen molar-refractivity contribution in [3.05, 3.63) is 29.8 Å². The summed E-state index contributed by atoms with van der Waals surface area (Å²) in [5.41, 5.74) is 0.975. The molecule has 0 spiro atoms. The van der Waals surface area contributed by atoms with Crippen molar-refractivity contribution in [2.45, 2.75) is 36.5 Å². The van der Waals surface area contributed by atoms with Gasteiger partial charge in [-0.3, -0.25) is 0 Å². The van der Waals surface area contributed by atoms with Crippen LogP contribution >= 0.6 is 0 Å². The maximum absolute atomic E-state index is 12.7. The molecule has 0 bridgehead atoms. The van der Waals surface area contributed by atoms with Crippen LogP contribution in [0.2, 0.25) is 0 Å². The quantitative estimate of drug-likeness (QED) is 0.826. The van der Waals surface area contributed by atoms with Crippen LogP contribution in [0.4, 0.5) is 0 Å². The Kier molecular flexibility index (Phi) is 5.69. The summed E-state index contributed by atoms with van der Waals surface area (Å²) in [6, 6.07) is 7.49. The lowest BCUT2D eigenvalue weighted by molar-refractivity contribution is 0.344. The molecular weight excluding hydrogens is 310 g/mol. The fraction of sp³-hybridized carbons (Fsp3) is 0.647. The number of hydrogen-bond donors (Lipinski definition) is 2. The van der Waals surface area contributed by atoms with Crippen LogP contribution in [0.5, 0.6) is 0 Å². The van der Waals surface area contributed by atoms with Gasteiger partial charge >= 0.3 is 0 Å². The maximum atomic E-state index is 12.7. The van der Waals surface area contributed by atoms with Crippen molar-refractivity contribution < 1.29 is 8.42 Å². The maximum Gasteiger partial charge on any atom is 0.240 e. The molecule has 0 aliphatic carbocycles. The third-order valence-electron chi connectivity index (χ3n) is 4.91. The Labute approximate surface area is 139 Å². The highest BCUT2D eigenvalue weighted by Gasteiger charge is 2.24. The Morgan fingerprint density at radius 3 is 2.57 bits per heavy atom. The molecule has 0 aromatic heterocycles. The van der Waals surface area contributed by atoms with Crippen molar-refractivity contribution in [1.82, 2.24) is 14.9 Å². The zero-order valence-corrected chi connectivity index (χ0v) is 14.4. The summed E-state index contributed by atoms with van der Waals surface area (Å²) in [5.74, 6) is 0.336. The van der Waals surface area contributed by atoms with E-state index in [0.717, 1.165) is 51.1 Å². The largest absolute Gasteiger partial charge is 0.317 e. The van der Waals surface area contributed by atoms with Crippen LogP contribution in [0.1, 0.15) is 37.2 Å². The smallest absolute Gasteiger partial charge is 0.240 e. The van der Waals surface area contributed by atoms with Gasteiger partial charge in [0.2, 0.25) is 10.0 Å². The highest BCUT2D eigenvalue weighted by molar-refractivity contribution is 7.89. The minimum absolute atomic E-state index is 0.336. The van der Waals surface area contributed by atoms with Crippen molar-refractivity contribution in [3.63, 3.8) is 0 Å². The first-order chi connectivity index (χ1) is 11.2. The summed E-state index contributed by atoms with van der Waals surface area (Å²) in [5, 5.41) is 3.34. The normalized spacial score (nSPS) is 20.9. The van der Waals surface area contributed by atoms with E-state index in [0.29, 0.717) is 17.4 Å². The van der Waals surface area contributed by atoms with E-state index in [1.54, 1.807) is 6.07 Å². The molecule has 1 aromatic rings. The summed E-state index contributed by atoms with van der Waals surface area (Å²) in [6.45, 7) is 5.39. The summed E-state index contributed by atoms with van der Waals surface area (Å²) in [6.07, 6.45) is 4.46. The van der Waals surface area contributed by atoms with Crippen molar-refractivity contribution in [2.24, 2.45) is 0 Å². The average Bonchev–Trinajstić information content (AvgIpc) is 3.09. The van der Waals surface area contributed by atoms with Gasteiger partial charge in [-0.15, -0.1) is 0 Å². The molecule has 2 saturated heterocycles. The van der Waals surface area contributed by atoms with E-state index in [4.69, 9.17) is 0 Å². The summed E-state index contributed by atoms with van der Waals surface area (Å²) >= 11 is 0. The van der Waals surface area contributed by atoms with E-state index >= 15 is 0 Å². The van der Waals surface area contributed by atoms with Crippen LogP contribution in [0.25, 0.3) is 0 Å². The van der Waals surface area contributed by atoms with Gasteiger partial charge in [-0.1, -0.05) is 18.2 Å². The number of likely N-dealkylation sites (tertiary alicyclic amines) is 1. The minimum Gasteiger partial charge on any atom is -0.317 e. The van der Waals surface area contributed by atoms with Crippen LogP contribution in [-0.2, 0) is 10.0 Å². The molecule has 2 aliphatic rings. The third-order valence-corrected chi connectivity index (χ3v) is 6.44. The molecule has 2 aliphatic heterocycles. The fourth-order valence-electron chi connectivity index (χ4n) is 3.62. The number of piperidine rings is 1. The minimum atomic E-state index is -3.43. The van der Waals surface area contributed by atoms with Crippen LogP contribution in [0.15, 0.2) is 29.2 Å². The molecule has 0 radical (unpaired) electrons. The second-order valence-electron chi connectivity index (χ2n) is 6.51. The van der Waals surface area contributed by atoms with Crippen LogP contribution in [0, 0.1) is 0 Å². The number of benzene rings is 1. The summed E-state index contributed by atoms with van der Waals surface area (Å²) < 4.78 is 28.2. The first-order valence-corrected chi connectivity index (χ1v) is 10.2. The first kappa shape index (κ1) is 16.9. The van der Waals surface area contributed by atoms with Gasteiger partial charge in [0.25, 0.3) is 0 Å². The fourth-order valence-corrected chi connectivity index (χ4v) is 4.94. The Morgan fingerprint density at radius 2 is 1.83 bits per heavy atom. The SMILES string of the molecule is O=S(=O)(NCCN1CCCC1)c1ccccc1C1CCNCC1. The number of nitrogens with one attached hydrogen (secondary N) is 2. The first-order valence-electron chi connectivity index (χ1n) is 8.68. The molecule has 128 valence electrons. The topological polar surface area (TPSA) is 61.4 Å². The molecule has 2 N–H and O–H groups in total. The highest BCUT2D eigenvalue weighted by atomic mass is 32.2. The van der Waals surface area contributed by atoms with Gasteiger partial charge in [0.05, 0.1) is 4.90 Å². The molecule has 0 saturated carbocycles. The lowest BCUT2D eigenvalue weighted by Gasteiger charge is -2.25. The van der Waals surface area contributed by atoms with E-state index in [1.165, 1.54) is 12.8 Å². The molecule has 0 unspecified atom stereocenters. The van der Waals surface area contributed by atoms with Gasteiger partial charge in [-0.25, -0.2) is 13.1 Å². The molecule has 0 amide bonds. The lowest BCUT2D eigenvalue weighted by Crippen LogP contribution is -2.34. The second-order valence-corrected chi connectivity index (χ2v) is 8.24. The number of nitrogens with zero attached hydrogens (tertiary/aromatic N) is 1. The number of rotatable bonds is 6. The number of hydrogen-bond acceptors (Lipinski definition) is 4. The van der Waals surface area contributed by atoms with Gasteiger partial charge in [0, 0.05) is 13.1 Å². The molecule has 23 heavy (non-hydrogen) atoms. The zero-order valence-electron chi connectivity index (χ0n) is 13.6. The van der Waals surface area contributed by atoms with Crippen molar-refractivity contribution in [2.75, 3.05) is 39.3 Å². The second kappa shape index (κ2) is 7.75. The van der Waals surface area contributed by atoms with Gasteiger partial charge in [-0.2, -0.15) is 0 Å². The standard InChI is InChI=1S/C17H27N3O2S/c21-23(22,19-11-14-20-12-3-4-13-20)17-6-2-1-5-16(17)15-7-9-18-10-8-15/h1-2,5-6,15,18-19H,3-4,7-14H2. The van der Waals surface area contributed by atoms with E-state index in [-0.39, 0.29) is 0 Å². The molecule has 3 rings (SSSR count). The molecule has 0 atom stereocenters. The Morgan fingerprint density at radius 1 is 1.13 bits per heavy atom. The lowest BCUT2D eigenvalue weighted by atomic mass is 9.90. The Balaban J connectivity index is 1.68. The van der Waals surface area contributed by atoms with Crippen LogP contribution < -0.4 is 10.0 Å². The average molecular weight is 337 g/mol. The van der Waals surface area contributed by atoms with Crippen LogP contribution in [-0.4, -0.2) is 52.6 Å². The Hall–Kier alpha value is -0.950.